The molecule has 1 aromatic carbocycles. The second-order valence-electron chi connectivity index (χ2n) is 8.11. The number of benzene rings is 1. The molecular weight excluding hydrogens is 390 g/mol. The van der Waals surface area contributed by atoms with Crippen LogP contribution in [0.15, 0.2) is 35.3 Å². The molecular formula is C24H33N5O2. The first-order valence-electron chi connectivity index (χ1n) is 11.3. The van der Waals surface area contributed by atoms with Gasteiger partial charge in [0.05, 0.1) is 11.9 Å². The van der Waals surface area contributed by atoms with E-state index in [1.54, 1.807) is 22.4 Å². The SMILES string of the molecule is CCCCCCCCNC(=O)CCn1c(C)nc2c(cnn2-c2ccc(C)cc2)c1=O. The van der Waals surface area contributed by atoms with E-state index in [1.807, 2.05) is 31.2 Å². The number of carbonyl (C=O) groups excluding carboxylic acids is 1. The Morgan fingerprint density at radius 3 is 2.48 bits per heavy atom. The molecule has 0 radical (unpaired) electrons. The molecule has 2 heterocycles. The van der Waals surface area contributed by atoms with E-state index in [-0.39, 0.29) is 17.9 Å². The minimum atomic E-state index is -0.162. The highest BCUT2D eigenvalue weighted by Crippen LogP contribution is 2.15. The summed E-state index contributed by atoms with van der Waals surface area (Å²) >= 11 is 0. The predicted octanol–water partition coefficient (Wildman–Crippen LogP) is 4.07. The third-order valence-corrected chi connectivity index (χ3v) is 5.57. The molecule has 7 nitrogen and oxygen atoms in total. The van der Waals surface area contributed by atoms with Crippen molar-refractivity contribution in [2.24, 2.45) is 0 Å². The second kappa shape index (κ2) is 10.9. The van der Waals surface area contributed by atoms with E-state index in [9.17, 15) is 9.59 Å². The smallest absolute Gasteiger partial charge is 0.264 e. The van der Waals surface area contributed by atoms with E-state index in [0.29, 0.717) is 29.9 Å². The Balaban J connectivity index is 1.61. The Labute approximate surface area is 183 Å². The Bertz CT molecular complexity index is 1070. The number of aryl methyl sites for hydroxylation is 2. The van der Waals surface area contributed by atoms with Gasteiger partial charge in [-0.1, -0.05) is 56.7 Å². The molecule has 0 unspecified atom stereocenters. The van der Waals surface area contributed by atoms with Crippen LogP contribution in [0.1, 0.15) is 63.3 Å². The highest BCUT2D eigenvalue weighted by atomic mass is 16.1. The van der Waals surface area contributed by atoms with Crippen molar-refractivity contribution in [1.29, 1.82) is 0 Å². The number of nitrogens with zero attached hydrogens (tertiary/aromatic N) is 4. The lowest BCUT2D eigenvalue weighted by atomic mass is 10.1. The maximum absolute atomic E-state index is 13.0. The lowest BCUT2D eigenvalue weighted by Crippen LogP contribution is -2.29. The monoisotopic (exact) mass is 423 g/mol. The van der Waals surface area contributed by atoms with Gasteiger partial charge in [-0.3, -0.25) is 14.2 Å². The van der Waals surface area contributed by atoms with E-state index in [0.717, 1.165) is 24.1 Å². The van der Waals surface area contributed by atoms with Crippen LogP contribution < -0.4 is 10.9 Å². The minimum absolute atomic E-state index is 0.0321. The summed E-state index contributed by atoms with van der Waals surface area (Å²) in [7, 11) is 0. The van der Waals surface area contributed by atoms with Crippen LogP contribution >= 0.6 is 0 Å². The normalized spacial score (nSPS) is 11.2. The number of rotatable bonds is 11. The Hall–Kier alpha value is -2.96. The molecule has 1 amide bonds. The predicted molar refractivity (Wildman–Crippen MR) is 124 cm³/mol. The first kappa shape index (κ1) is 22.7. The van der Waals surface area contributed by atoms with Crippen LogP contribution in [-0.2, 0) is 11.3 Å². The van der Waals surface area contributed by atoms with Gasteiger partial charge < -0.3 is 5.32 Å². The lowest BCUT2D eigenvalue weighted by Gasteiger charge is -2.11. The molecule has 1 N–H and O–H groups in total. The standard InChI is InChI=1S/C24H33N5O2/c1-4-5-6-7-8-9-15-25-22(30)14-16-28-19(3)27-23-21(24(28)31)17-26-29(23)20-12-10-18(2)11-13-20/h10-13,17H,4-9,14-16H2,1-3H3,(H,25,30). The maximum atomic E-state index is 13.0. The molecule has 0 spiro atoms. The summed E-state index contributed by atoms with van der Waals surface area (Å²) in [6.45, 7) is 7.03. The zero-order valence-corrected chi connectivity index (χ0v) is 18.9. The number of aromatic nitrogens is 4. The molecule has 0 atom stereocenters. The fourth-order valence-electron chi connectivity index (χ4n) is 3.68. The number of hydrogen-bond donors (Lipinski definition) is 1. The summed E-state index contributed by atoms with van der Waals surface area (Å²) in [4.78, 5) is 29.8. The van der Waals surface area contributed by atoms with Crippen molar-refractivity contribution in [2.75, 3.05) is 6.54 Å². The van der Waals surface area contributed by atoms with Gasteiger partial charge in [-0.25, -0.2) is 9.67 Å². The molecule has 0 saturated carbocycles. The van der Waals surface area contributed by atoms with Crippen LogP contribution in [0, 0.1) is 13.8 Å². The Kier molecular flexibility index (Phi) is 7.98. The molecule has 0 saturated heterocycles. The zero-order valence-electron chi connectivity index (χ0n) is 18.9. The van der Waals surface area contributed by atoms with E-state index in [4.69, 9.17) is 0 Å². The topological polar surface area (TPSA) is 81.8 Å². The summed E-state index contributed by atoms with van der Waals surface area (Å²) in [5.41, 5.74) is 2.39. The van der Waals surface area contributed by atoms with Crippen LogP contribution in [0.3, 0.4) is 0 Å². The third-order valence-electron chi connectivity index (χ3n) is 5.57. The van der Waals surface area contributed by atoms with Crippen molar-refractivity contribution in [3.63, 3.8) is 0 Å². The molecule has 0 fully saturated rings. The fourth-order valence-corrected chi connectivity index (χ4v) is 3.68. The number of amides is 1. The molecule has 0 aliphatic heterocycles. The van der Waals surface area contributed by atoms with E-state index < -0.39 is 0 Å². The van der Waals surface area contributed by atoms with Crippen molar-refractivity contribution in [3.05, 3.63) is 52.2 Å². The highest BCUT2D eigenvalue weighted by Gasteiger charge is 2.15. The van der Waals surface area contributed by atoms with Gasteiger partial charge in [0.1, 0.15) is 11.2 Å². The van der Waals surface area contributed by atoms with Gasteiger partial charge in [0, 0.05) is 19.5 Å². The highest BCUT2D eigenvalue weighted by molar-refractivity contribution is 5.76. The number of nitrogens with one attached hydrogen (secondary N) is 1. The number of fused-ring (bicyclic) bond motifs is 1. The van der Waals surface area contributed by atoms with Crippen LogP contribution in [0.4, 0.5) is 0 Å². The molecule has 3 rings (SSSR count). The van der Waals surface area contributed by atoms with E-state index in [2.05, 4.69) is 22.3 Å². The van der Waals surface area contributed by atoms with Crippen LogP contribution in [0.5, 0.6) is 0 Å². The first-order valence-corrected chi connectivity index (χ1v) is 11.3. The van der Waals surface area contributed by atoms with Crippen molar-refractivity contribution in [3.8, 4) is 5.69 Å². The lowest BCUT2D eigenvalue weighted by molar-refractivity contribution is -0.121. The van der Waals surface area contributed by atoms with Crippen molar-refractivity contribution in [1.82, 2.24) is 24.6 Å². The summed E-state index contributed by atoms with van der Waals surface area (Å²) in [6, 6.07) is 7.92. The fraction of sp³-hybridized carbons (Fsp3) is 0.500. The summed E-state index contributed by atoms with van der Waals surface area (Å²) < 4.78 is 3.24. The van der Waals surface area contributed by atoms with E-state index in [1.165, 1.54) is 25.7 Å². The number of unbranched alkanes of at least 4 members (excludes halogenated alkanes) is 5. The van der Waals surface area contributed by atoms with Gasteiger partial charge in [-0.15, -0.1) is 0 Å². The summed E-state index contributed by atoms with van der Waals surface area (Å²) in [6.07, 6.45) is 8.97. The average Bonchev–Trinajstić information content (AvgIpc) is 3.17. The van der Waals surface area contributed by atoms with Crippen molar-refractivity contribution < 1.29 is 4.79 Å². The quantitative estimate of drug-likeness (QED) is 0.472. The van der Waals surface area contributed by atoms with Crippen LogP contribution in [-0.4, -0.2) is 31.8 Å². The number of hydrogen-bond acceptors (Lipinski definition) is 4. The Morgan fingerprint density at radius 1 is 1.03 bits per heavy atom. The minimum Gasteiger partial charge on any atom is -0.356 e. The van der Waals surface area contributed by atoms with Gasteiger partial charge >= 0.3 is 0 Å². The van der Waals surface area contributed by atoms with Gasteiger partial charge in [0.2, 0.25) is 5.91 Å². The first-order chi connectivity index (χ1) is 15.0. The zero-order chi connectivity index (χ0) is 22.2. The van der Waals surface area contributed by atoms with Crippen molar-refractivity contribution in [2.45, 2.75) is 72.3 Å². The second-order valence-corrected chi connectivity index (χ2v) is 8.11. The molecule has 0 aliphatic rings. The Morgan fingerprint density at radius 2 is 1.74 bits per heavy atom. The van der Waals surface area contributed by atoms with Crippen LogP contribution in [0.25, 0.3) is 16.7 Å². The molecule has 0 bridgehead atoms. The summed E-state index contributed by atoms with van der Waals surface area (Å²) in [5, 5.41) is 7.79. The maximum Gasteiger partial charge on any atom is 0.264 e. The van der Waals surface area contributed by atoms with E-state index >= 15 is 0 Å². The van der Waals surface area contributed by atoms with Gasteiger partial charge in [-0.05, 0) is 32.4 Å². The van der Waals surface area contributed by atoms with Gasteiger partial charge in [0.25, 0.3) is 5.56 Å². The number of carbonyl (C=O) groups is 1. The molecule has 166 valence electrons. The molecule has 0 aliphatic carbocycles. The largest absolute Gasteiger partial charge is 0.356 e. The molecule has 2 aromatic heterocycles. The van der Waals surface area contributed by atoms with Gasteiger partial charge in [0.15, 0.2) is 5.65 Å². The third kappa shape index (κ3) is 5.81. The average molecular weight is 424 g/mol. The molecule has 7 heteroatoms. The molecule has 3 aromatic rings. The molecule has 31 heavy (non-hydrogen) atoms. The van der Waals surface area contributed by atoms with Gasteiger partial charge in [-0.2, -0.15) is 5.10 Å². The van der Waals surface area contributed by atoms with Crippen molar-refractivity contribution >= 4 is 16.9 Å². The van der Waals surface area contributed by atoms with Crippen LogP contribution in [0.2, 0.25) is 0 Å². The summed E-state index contributed by atoms with van der Waals surface area (Å²) in [5.74, 6) is 0.547.